The van der Waals surface area contributed by atoms with E-state index in [1.165, 1.54) is 49.3 Å². The molecule has 2 aromatic rings. The van der Waals surface area contributed by atoms with Gasteiger partial charge >= 0.3 is 0 Å². The Morgan fingerprint density at radius 1 is 1.27 bits per heavy atom. The number of rotatable bonds is 8. The SMILES string of the molecule is O=C(NC/C=C\COc1cc(CN2CCCCC2)ccn1)c1ccsc1. The van der Waals surface area contributed by atoms with Gasteiger partial charge in [0, 0.05) is 36.3 Å². The lowest BCUT2D eigenvalue weighted by molar-refractivity contribution is 0.0958. The number of carbonyl (C=O) groups excluding carboxylic acids is 1. The number of piperidine rings is 1. The molecule has 1 aliphatic heterocycles. The number of carbonyl (C=O) groups is 1. The minimum absolute atomic E-state index is 0.0519. The first-order valence-corrected chi connectivity index (χ1v) is 10.0. The lowest BCUT2D eigenvalue weighted by atomic mass is 10.1. The van der Waals surface area contributed by atoms with Gasteiger partial charge in [-0.3, -0.25) is 9.69 Å². The van der Waals surface area contributed by atoms with Crippen molar-refractivity contribution in [3.8, 4) is 5.88 Å². The van der Waals surface area contributed by atoms with Crippen LogP contribution in [0.3, 0.4) is 0 Å². The summed E-state index contributed by atoms with van der Waals surface area (Å²) in [4.78, 5) is 18.5. The van der Waals surface area contributed by atoms with Gasteiger partial charge in [-0.05, 0) is 55.1 Å². The first-order chi connectivity index (χ1) is 12.8. The molecule has 1 saturated heterocycles. The summed E-state index contributed by atoms with van der Waals surface area (Å²) in [5.74, 6) is 0.593. The number of hydrogen-bond acceptors (Lipinski definition) is 5. The molecule has 3 heterocycles. The minimum Gasteiger partial charge on any atom is -0.473 e. The average molecular weight is 372 g/mol. The van der Waals surface area contributed by atoms with Crippen molar-refractivity contribution in [2.24, 2.45) is 0 Å². The van der Waals surface area contributed by atoms with Crippen LogP contribution in [0.25, 0.3) is 0 Å². The molecule has 26 heavy (non-hydrogen) atoms. The zero-order chi connectivity index (χ0) is 18.0. The van der Waals surface area contributed by atoms with Gasteiger partial charge in [0.15, 0.2) is 0 Å². The first kappa shape index (κ1) is 18.6. The molecule has 2 aromatic heterocycles. The van der Waals surface area contributed by atoms with E-state index in [1.54, 1.807) is 6.20 Å². The molecule has 1 amide bonds. The fraction of sp³-hybridized carbons (Fsp3) is 0.400. The van der Waals surface area contributed by atoms with Crippen molar-refractivity contribution in [2.75, 3.05) is 26.2 Å². The van der Waals surface area contributed by atoms with E-state index in [4.69, 9.17) is 4.74 Å². The van der Waals surface area contributed by atoms with Crippen LogP contribution in [0.2, 0.25) is 0 Å². The Morgan fingerprint density at radius 2 is 2.15 bits per heavy atom. The van der Waals surface area contributed by atoms with Crippen molar-refractivity contribution in [3.63, 3.8) is 0 Å². The summed E-state index contributed by atoms with van der Waals surface area (Å²) < 4.78 is 5.69. The Labute approximate surface area is 158 Å². The van der Waals surface area contributed by atoms with E-state index < -0.39 is 0 Å². The van der Waals surface area contributed by atoms with Crippen molar-refractivity contribution in [1.82, 2.24) is 15.2 Å². The Bertz CT molecular complexity index is 710. The van der Waals surface area contributed by atoms with Crippen LogP contribution in [-0.2, 0) is 6.54 Å². The maximum Gasteiger partial charge on any atom is 0.252 e. The smallest absolute Gasteiger partial charge is 0.252 e. The monoisotopic (exact) mass is 371 g/mol. The molecule has 0 atom stereocenters. The summed E-state index contributed by atoms with van der Waals surface area (Å²) >= 11 is 1.52. The molecule has 0 bridgehead atoms. The molecule has 0 aliphatic carbocycles. The summed E-state index contributed by atoms with van der Waals surface area (Å²) in [7, 11) is 0. The lowest BCUT2D eigenvalue weighted by Crippen LogP contribution is -2.29. The van der Waals surface area contributed by atoms with Crippen molar-refractivity contribution < 1.29 is 9.53 Å². The van der Waals surface area contributed by atoms with Crippen LogP contribution < -0.4 is 10.1 Å². The highest BCUT2D eigenvalue weighted by Crippen LogP contribution is 2.15. The summed E-state index contributed by atoms with van der Waals surface area (Å²) in [6.07, 6.45) is 9.53. The number of aromatic nitrogens is 1. The van der Waals surface area contributed by atoms with Crippen LogP contribution in [-0.4, -0.2) is 42.0 Å². The predicted octanol–water partition coefficient (Wildman–Crippen LogP) is 3.49. The zero-order valence-electron chi connectivity index (χ0n) is 14.9. The molecule has 0 saturated carbocycles. The quantitative estimate of drug-likeness (QED) is 0.722. The largest absolute Gasteiger partial charge is 0.473 e. The molecule has 0 radical (unpaired) electrons. The summed E-state index contributed by atoms with van der Waals surface area (Å²) in [6, 6.07) is 5.88. The van der Waals surface area contributed by atoms with Gasteiger partial charge in [0.1, 0.15) is 6.61 Å². The third-order valence-corrected chi connectivity index (χ3v) is 5.00. The number of ether oxygens (including phenoxy) is 1. The van der Waals surface area contributed by atoms with Crippen LogP contribution in [0.1, 0.15) is 35.2 Å². The summed E-state index contributed by atoms with van der Waals surface area (Å²) in [6.45, 7) is 4.25. The normalized spacial score (nSPS) is 15.2. The Morgan fingerprint density at radius 3 is 2.96 bits per heavy atom. The molecule has 1 aliphatic rings. The standard InChI is InChI=1S/C20H25N3O2S/c24-20(18-7-13-26-16-18)22-8-2-5-12-25-19-14-17(6-9-21-19)15-23-10-3-1-4-11-23/h2,5-7,9,13-14,16H,1,3-4,8,10-12,15H2,(H,22,24)/b5-2-. The van der Waals surface area contributed by atoms with Gasteiger partial charge < -0.3 is 10.1 Å². The van der Waals surface area contributed by atoms with Gasteiger partial charge in [-0.1, -0.05) is 12.5 Å². The molecule has 138 valence electrons. The number of amides is 1. The Balaban J connectivity index is 1.37. The average Bonchev–Trinajstić information content (AvgIpc) is 3.20. The van der Waals surface area contributed by atoms with Crippen LogP contribution in [0.15, 0.2) is 47.3 Å². The Hall–Kier alpha value is -2.18. The number of pyridine rings is 1. The van der Waals surface area contributed by atoms with Crippen molar-refractivity contribution in [3.05, 3.63) is 58.4 Å². The van der Waals surface area contributed by atoms with Crippen LogP contribution in [0.5, 0.6) is 5.88 Å². The third kappa shape index (κ3) is 5.97. The second-order valence-electron chi connectivity index (χ2n) is 6.34. The highest BCUT2D eigenvalue weighted by Gasteiger charge is 2.10. The highest BCUT2D eigenvalue weighted by atomic mass is 32.1. The van der Waals surface area contributed by atoms with Gasteiger partial charge in [0.05, 0.1) is 0 Å². The third-order valence-electron chi connectivity index (χ3n) is 4.31. The van der Waals surface area contributed by atoms with Gasteiger partial charge in [-0.25, -0.2) is 4.98 Å². The number of nitrogens with one attached hydrogen (secondary N) is 1. The summed E-state index contributed by atoms with van der Waals surface area (Å²) in [5.41, 5.74) is 1.94. The van der Waals surface area contributed by atoms with Crippen molar-refractivity contribution in [2.45, 2.75) is 25.8 Å². The zero-order valence-corrected chi connectivity index (χ0v) is 15.7. The van der Waals surface area contributed by atoms with Crippen LogP contribution in [0.4, 0.5) is 0 Å². The fourth-order valence-electron chi connectivity index (χ4n) is 2.94. The molecule has 1 N–H and O–H groups in total. The van der Waals surface area contributed by atoms with Crippen molar-refractivity contribution >= 4 is 17.2 Å². The maximum atomic E-state index is 11.8. The van der Waals surface area contributed by atoms with Gasteiger partial charge in [0.2, 0.25) is 5.88 Å². The molecule has 0 spiro atoms. The van der Waals surface area contributed by atoms with E-state index in [-0.39, 0.29) is 5.91 Å². The molecule has 6 heteroatoms. The van der Waals surface area contributed by atoms with E-state index in [0.29, 0.717) is 24.6 Å². The summed E-state index contributed by atoms with van der Waals surface area (Å²) in [5, 5.41) is 6.57. The molecule has 3 rings (SSSR count). The number of hydrogen-bond donors (Lipinski definition) is 1. The topological polar surface area (TPSA) is 54.5 Å². The molecular weight excluding hydrogens is 346 g/mol. The van der Waals surface area contributed by atoms with Gasteiger partial charge in [0.25, 0.3) is 5.91 Å². The number of nitrogens with zero attached hydrogens (tertiary/aromatic N) is 2. The fourth-order valence-corrected chi connectivity index (χ4v) is 3.57. The molecule has 0 unspecified atom stereocenters. The minimum atomic E-state index is -0.0519. The second kappa shape index (κ2) is 10.1. The number of likely N-dealkylation sites (tertiary alicyclic amines) is 1. The maximum absolute atomic E-state index is 11.8. The molecular formula is C20H25N3O2S. The Kier molecular flexibility index (Phi) is 7.22. The highest BCUT2D eigenvalue weighted by molar-refractivity contribution is 7.08. The van der Waals surface area contributed by atoms with E-state index >= 15 is 0 Å². The molecule has 5 nitrogen and oxygen atoms in total. The van der Waals surface area contributed by atoms with Crippen molar-refractivity contribution in [1.29, 1.82) is 0 Å². The second-order valence-corrected chi connectivity index (χ2v) is 7.12. The number of thiophene rings is 1. The van der Waals surface area contributed by atoms with Crippen LogP contribution in [0, 0.1) is 0 Å². The van der Waals surface area contributed by atoms with E-state index in [2.05, 4.69) is 21.3 Å². The molecule has 1 fully saturated rings. The van der Waals surface area contributed by atoms with Gasteiger partial charge in [-0.2, -0.15) is 11.3 Å². The van der Waals surface area contributed by atoms with E-state index in [9.17, 15) is 4.79 Å². The van der Waals surface area contributed by atoms with E-state index in [1.807, 2.05) is 35.0 Å². The molecule has 0 aromatic carbocycles. The van der Waals surface area contributed by atoms with Gasteiger partial charge in [-0.15, -0.1) is 0 Å². The predicted molar refractivity (Wildman–Crippen MR) is 105 cm³/mol. The first-order valence-electron chi connectivity index (χ1n) is 9.07. The van der Waals surface area contributed by atoms with Crippen LogP contribution >= 0.6 is 11.3 Å². The van der Waals surface area contributed by atoms with E-state index in [0.717, 1.165) is 6.54 Å². The lowest BCUT2D eigenvalue weighted by Gasteiger charge is -2.26.